The molecule has 3 nitrogen and oxygen atoms in total. The average molecular weight is 349 g/mol. The number of rotatable bonds is 14. The third kappa shape index (κ3) is 9.52. The van der Waals surface area contributed by atoms with Crippen LogP contribution in [-0.2, 0) is 4.74 Å². The standard InChI is InChI=1S/C22H36O3/c1-3-5-6-7-8-9-10-11-12-16-19(15-4-2)25-22(24)20-17-13-14-18-21(20)23/h13-14,17-19,23H,3-12,15-16H2,1-2H3. The minimum atomic E-state index is -0.410. The van der Waals surface area contributed by atoms with Crippen molar-refractivity contribution >= 4 is 5.97 Å². The molecule has 1 unspecified atom stereocenters. The van der Waals surface area contributed by atoms with Gasteiger partial charge in [-0.15, -0.1) is 0 Å². The van der Waals surface area contributed by atoms with Crippen LogP contribution < -0.4 is 0 Å². The molecule has 0 saturated carbocycles. The van der Waals surface area contributed by atoms with Gasteiger partial charge in [0, 0.05) is 0 Å². The lowest BCUT2D eigenvalue weighted by atomic mass is 10.0. The van der Waals surface area contributed by atoms with E-state index in [2.05, 4.69) is 13.8 Å². The molecule has 0 fully saturated rings. The van der Waals surface area contributed by atoms with E-state index in [9.17, 15) is 9.90 Å². The van der Waals surface area contributed by atoms with Gasteiger partial charge in [0.15, 0.2) is 0 Å². The van der Waals surface area contributed by atoms with Gasteiger partial charge >= 0.3 is 5.97 Å². The van der Waals surface area contributed by atoms with Gasteiger partial charge in [0.25, 0.3) is 0 Å². The van der Waals surface area contributed by atoms with Gasteiger partial charge in [0.1, 0.15) is 17.4 Å². The van der Waals surface area contributed by atoms with E-state index in [-0.39, 0.29) is 17.4 Å². The van der Waals surface area contributed by atoms with E-state index in [4.69, 9.17) is 4.74 Å². The number of esters is 1. The lowest BCUT2D eigenvalue weighted by molar-refractivity contribution is 0.0250. The van der Waals surface area contributed by atoms with Crippen LogP contribution in [0.25, 0.3) is 0 Å². The van der Waals surface area contributed by atoms with Gasteiger partial charge in [-0.25, -0.2) is 4.79 Å². The molecule has 0 radical (unpaired) electrons. The molecule has 0 bridgehead atoms. The van der Waals surface area contributed by atoms with Crippen LogP contribution in [0.15, 0.2) is 24.3 Å². The Balaban J connectivity index is 2.23. The zero-order chi connectivity index (χ0) is 18.3. The first kappa shape index (κ1) is 21.5. The predicted molar refractivity (Wildman–Crippen MR) is 104 cm³/mol. The molecule has 3 heteroatoms. The number of unbranched alkanes of at least 4 members (excludes halogenated alkanes) is 8. The summed E-state index contributed by atoms with van der Waals surface area (Å²) in [4.78, 5) is 12.2. The Kier molecular flexibility index (Phi) is 11.8. The van der Waals surface area contributed by atoms with Crippen LogP contribution in [-0.4, -0.2) is 17.2 Å². The maximum absolute atomic E-state index is 12.2. The van der Waals surface area contributed by atoms with Gasteiger partial charge in [0.05, 0.1) is 0 Å². The molecule has 1 atom stereocenters. The van der Waals surface area contributed by atoms with Crippen LogP contribution in [0.1, 0.15) is 101 Å². The first-order valence-corrected chi connectivity index (χ1v) is 10.2. The number of hydrogen-bond acceptors (Lipinski definition) is 3. The molecule has 25 heavy (non-hydrogen) atoms. The Morgan fingerprint density at radius 3 is 2.08 bits per heavy atom. The van der Waals surface area contributed by atoms with E-state index in [1.54, 1.807) is 18.2 Å². The van der Waals surface area contributed by atoms with E-state index in [0.29, 0.717) is 0 Å². The first-order chi connectivity index (χ1) is 12.2. The van der Waals surface area contributed by atoms with Crippen LogP contribution in [0.5, 0.6) is 5.75 Å². The zero-order valence-corrected chi connectivity index (χ0v) is 16.1. The van der Waals surface area contributed by atoms with Crippen molar-refractivity contribution < 1.29 is 14.6 Å². The summed E-state index contributed by atoms with van der Waals surface area (Å²) in [5.74, 6) is -0.418. The Labute approximate surface area is 153 Å². The normalized spacial score (nSPS) is 12.1. The van der Waals surface area contributed by atoms with Crippen LogP contribution in [0.4, 0.5) is 0 Å². The molecule has 0 aliphatic carbocycles. The molecular formula is C22H36O3. The van der Waals surface area contributed by atoms with Gasteiger partial charge in [-0.2, -0.15) is 0 Å². The molecule has 1 rings (SSSR count). The van der Waals surface area contributed by atoms with Crippen molar-refractivity contribution in [1.82, 2.24) is 0 Å². The number of phenolic OH excluding ortho intramolecular Hbond substituents is 1. The van der Waals surface area contributed by atoms with E-state index in [0.717, 1.165) is 25.7 Å². The van der Waals surface area contributed by atoms with Gasteiger partial charge in [-0.3, -0.25) is 0 Å². The Morgan fingerprint density at radius 1 is 0.880 bits per heavy atom. The van der Waals surface area contributed by atoms with Crippen molar-refractivity contribution in [1.29, 1.82) is 0 Å². The van der Waals surface area contributed by atoms with Crippen molar-refractivity contribution in [2.24, 2.45) is 0 Å². The molecule has 0 saturated heterocycles. The number of carbonyl (C=O) groups excluding carboxylic acids is 1. The third-order valence-electron chi connectivity index (χ3n) is 4.64. The van der Waals surface area contributed by atoms with Crippen molar-refractivity contribution in [2.75, 3.05) is 0 Å². The summed E-state index contributed by atoms with van der Waals surface area (Å²) in [7, 11) is 0. The summed E-state index contributed by atoms with van der Waals surface area (Å²) in [6.45, 7) is 4.36. The number of benzene rings is 1. The molecule has 0 spiro atoms. The summed E-state index contributed by atoms with van der Waals surface area (Å²) >= 11 is 0. The van der Waals surface area contributed by atoms with E-state index < -0.39 is 5.97 Å². The van der Waals surface area contributed by atoms with Crippen LogP contribution >= 0.6 is 0 Å². The molecular weight excluding hydrogens is 312 g/mol. The molecule has 0 heterocycles. The number of hydrogen-bond donors (Lipinski definition) is 1. The highest BCUT2D eigenvalue weighted by Gasteiger charge is 2.17. The number of para-hydroxylation sites is 1. The summed E-state index contributed by atoms with van der Waals surface area (Å²) < 4.78 is 5.63. The lowest BCUT2D eigenvalue weighted by Gasteiger charge is -2.17. The van der Waals surface area contributed by atoms with E-state index in [1.807, 2.05) is 0 Å². The molecule has 0 aliphatic rings. The average Bonchev–Trinajstić information content (AvgIpc) is 2.60. The van der Waals surface area contributed by atoms with Gasteiger partial charge in [0.2, 0.25) is 0 Å². The van der Waals surface area contributed by atoms with Crippen molar-refractivity contribution in [2.45, 2.75) is 97.0 Å². The summed E-state index contributed by atoms with van der Waals surface area (Å²) in [5, 5.41) is 9.77. The molecule has 0 aliphatic heterocycles. The Hall–Kier alpha value is -1.51. The molecule has 1 aromatic rings. The minimum Gasteiger partial charge on any atom is -0.507 e. The largest absolute Gasteiger partial charge is 0.507 e. The van der Waals surface area contributed by atoms with Crippen LogP contribution in [0, 0.1) is 0 Å². The van der Waals surface area contributed by atoms with Crippen molar-refractivity contribution in [3.63, 3.8) is 0 Å². The highest BCUT2D eigenvalue weighted by Crippen LogP contribution is 2.20. The fraction of sp³-hybridized carbons (Fsp3) is 0.682. The highest BCUT2D eigenvalue weighted by atomic mass is 16.5. The number of phenols is 1. The van der Waals surface area contributed by atoms with Crippen LogP contribution in [0.2, 0.25) is 0 Å². The van der Waals surface area contributed by atoms with Crippen molar-refractivity contribution in [3.05, 3.63) is 29.8 Å². The van der Waals surface area contributed by atoms with E-state index in [1.165, 1.54) is 57.4 Å². The number of carbonyl (C=O) groups is 1. The summed E-state index contributed by atoms with van der Waals surface area (Å²) in [5.41, 5.74) is 0.260. The Morgan fingerprint density at radius 2 is 1.48 bits per heavy atom. The fourth-order valence-corrected chi connectivity index (χ4v) is 3.13. The SMILES string of the molecule is CCCCCCCCCCCC(CCC)OC(=O)c1ccccc1O. The Bertz CT molecular complexity index is 470. The van der Waals surface area contributed by atoms with Crippen LogP contribution in [0.3, 0.4) is 0 Å². The second kappa shape index (κ2) is 13.7. The summed E-state index contributed by atoms with van der Waals surface area (Å²) in [6.07, 6.45) is 14.4. The zero-order valence-electron chi connectivity index (χ0n) is 16.1. The highest BCUT2D eigenvalue weighted by molar-refractivity contribution is 5.92. The van der Waals surface area contributed by atoms with E-state index >= 15 is 0 Å². The fourth-order valence-electron chi connectivity index (χ4n) is 3.13. The smallest absolute Gasteiger partial charge is 0.342 e. The summed E-state index contributed by atoms with van der Waals surface area (Å²) in [6, 6.07) is 6.58. The molecule has 0 aromatic heterocycles. The molecule has 1 N–H and O–H groups in total. The third-order valence-corrected chi connectivity index (χ3v) is 4.64. The molecule has 142 valence electrons. The van der Waals surface area contributed by atoms with Gasteiger partial charge < -0.3 is 9.84 Å². The number of ether oxygens (including phenoxy) is 1. The maximum Gasteiger partial charge on any atom is 0.342 e. The predicted octanol–water partition coefficient (Wildman–Crippen LogP) is 6.64. The quantitative estimate of drug-likeness (QED) is 0.303. The second-order valence-corrected chi connectivity index (χ2v) is 6.95. The first-order valence-electron chi connectivity index (χ1n) is 10.2. The molecule has 0 amide bonds. The lowest BCUT2D eigenvalue weighted by Crippen LogP contribution is -2.18. The monoisotopic (exact) mass is 348 g/mol. The minimum absolute atomic E-state index is 0.00850. The maximum atomic E-state index is 12.2. The topological polar surface area (TPSA) is 46.5 Å². The van der Waals surface area contributed by atoms with Gasteiger partial charge in [-0.1, -0.05) is 83.8 Å². The second-order valence-electron chi connectivity index (χ2n) is 6.95. The van der Waals surface area contributed by atoms with Gasteiger partial charge in [-0.05, 0) is 31.4 Å². The molecule has 1 aromatic carbocycles. The van der Waals surface area contributed by atoms with Crippen molar-refractivity contribution in [3.8, 4) is 5.75 Å². The number of aromatic hydroxyl groups is 1.